The molecule has 1 aromatic heterocycles. The van der Waals surface area contributed by atoms with Gasteiger partial charge in [0.25, 0.3) is 0 Å². The number of pyridine rings is 1. The molecule has 0 saturated heterocycles. The average molecular weight is 683 g/mol. The molecule has 230 valence electrons. The van der Waals surface area contributed by atoms with E-state index in [1.54, 1.807) is 7.11 Å². The Kier molecular flexibility index (Phi) is 19.9. The number of unbranched alkanes of at least 4 members (excludes halogenated alkanes) is 11. The average Bonchev–Trinajstić information content (AvgIpc) is 2.97. The molecular formula is C33H51IN2O5. The molecule has 7 nitrogen and oxygen atoms in total. The van der Waals surface area contributed by atoms with Crippen molar-refractivity contribution in [3.05, 3.63) is 53.9 Å². The minimum absolute atomic E-state index is 0. The van der Waals surface area contributed by atoms with E-state index in [0.717, 1.165) is 29.0 Å². The first-order chi connectivity index (χ1) is 19.5. The van der Waals surface area contributed by atoms with Gasteiger partial charge in [-0.05, 0) is 36.6 Å². The number of nitrogens with zero attached hydrogens (tertiary/aromatic N) is 2. The minimum Gasteiger partial charge on any atom is -1.00 e. The highest BCUT2D eigenvalue weighted by molar-refractivity contribution is 5.90. The summed E-state index contributed by atoms with van der Waals surface area (Å²) >= 11 is 0. The number of hydrogen-bond donors (Lipinski definition) is 0. The highest BCUT2D eigenvalue weighted by Crippen LogP contribution is 2.29. The second kappa shape index (κ2) is 22.3. The zero-order valence-electron chi connectivity index (χ0n) is 25.7. The van der Waals surface area contributed by atoms with Gasteiger partial charge in [0.2, 0.25) is 5.91 Å². The van der Waals surface area contributed by atoms with E-state index in [1.165, 1.54) is 77.6 Å². The molecule has 0 spiro atoms. The number of methoxy groups -OCH3 is 1. The summed E-state index contributed by atoms with van der Waals surface area (Å²) in [5.41, 5.74) is 1.61. The van der Waals surface area contributed by atoms with E-state index in [9.17, 15) is 9.59 Å². The quantitative estimate of drug-likeness (QED) is 0.114. The van der Waals surface area contributed by atoms with Gasteiger partial charge >= 0.3 is 6.09 Å². The number of halogens is 1. The van der Waals surface area contributed by atoms with Crippen LogP contribution in [0.2, 0.25) is 0 Å². The zero-order valence-corrected chi connectivity index (χ0v) is 27.8. The zero-order chi connectivity index (χ0) is 29.0. The highest BCUT2D eigenvalue weighted by atomic mass is 127. The van der Waals surface area contributed by atoms with Crippen LogP contribution in [0.15, 0.2) is 42.7 Å². The Balaban J connectivity index is 0.00000840. The van der Waals surface area contributed by atoms with Crippen LogP contribution in [0, 0.1) is 0 Å². The first-order valence-corrected chi connectivity index (χ1v) is 15.2. The van der Waals surface area contributed by atoms with Crippen molar-refractivity contribution in [2.45, 2.75) is 118 Å². The monoisotopic (exact) mass is 682 g/mol. The standard InChI is InChI=1S/C33H51N2O5.HI/c1-5-7-8-9-10-11-12-13-14-15-16-17-24-39-31-19-18-30(25-32(31)38-4)27-40-33(37)35(28(3)36)26-29-20-22-34(6-2)23-21-29;/h18-23,25H,5-17,24,26-27H2,1-4H3;1H/q+1;/p-1. The van der Waals surface area contributed by atoms with Crippen LogP contribution in [0.1, 0.15) is 109 Å². The van der Waals surface area contributed by atoms with Gasteiger partial charge in [0, 0.05) is 19.1 Å². The van der Waals surface area contributed by atoms with Gasteiger partial charge in [-0.15, -0.1) is 0 Å². The molecule has 0 atom stereocenters. The van der Waals surface area contributed by atoms with E-state index in [1.807, 2.05) is 54.2 Å². The third kappa shape index (κ3) is 14.9. The third-order valence-electron chi connectivity index (χ3n) is 7.11. The lowest BCUT2D eigenvalue weighted by Crippen LogP contribution is -3.00. The maximum absolute atomic E-state index is 12.7. The molecule has 2 amide bonds. The maximum atomic E-state index is 12.7. The van der Waals surface area contributed by atoms with Crippen LogP contribution in [0.3, 0.4) is 0 Å². The van der Waals surface area contributed by atoms with Crippen molar-refractivity contribution < 1.29 is 52.3 Å². The molecule has 0 unspecified atom stereocenters. The molecule has 0 aliphatic rings. The number of ether oxygens (including phenoxy) is 3. The summed E-state index contributed by atoms with van der Waals surface area (Å²) in [6.45, 7) is 7.36. The van der Waals surface area contributed by atoms with Gasteiger partial charge in [0.1, 0.15) is 13.2 Å². The van der Waals surface area contributed by atoms with Crippen LogP contribution in [-0.2, 0) is 29.2 Å². The Hall–Kier alpha value is -2.36. The van der Waals surface area contributed by atoms with Gasteiger partial charge in [0.15, 0.2) is 23.9 Å². The SMILES string of the molecule is CCCCCCCCCCCCCCOc1ccc(COC(=O)N(Cc2cc[n+](CC)cc2)C(C)=O)cc1OC.[I-]. The first kappa shape index (κ1) is 36.7. The van der Waals surface area contributed by atoms with Gasteiger partial charge in [-0.25, -0.2) is 14.3 Å². The van der Waals surface area contributed by atoms with Crippen LogP contribution in [0.5, 0.6) is 11.5 Å². The minimum atomic E-state index is -0.675. The number of hydrogen-bond acceptors (Lipinski definition) is 5. The van der Waals surface area contributed by atoms with Crippen LogP contribution < -0.4 is 38.0 Å². The van der Waals surface area contributed by atoms with Crippen molar-refractivity contribution in [1.82, 2.24) is 4.90 Å². The summed E-state index contributed by atoms with van der Waals surface area (Å²) in [4.78, 5) is 25.9. The van der Waals surface area contributed by atoms with Gasteiger partial charge in [-0.2, -0.15) is 0 Å². The molecule has 8 heteroatoms. The predicted octanol–water partition coefficient (Wildman–Crippen LogP) is 4.77. The van der Waals surface area contributed by atoms with E-state index >= 15 is 0 Å². The van der Waals surface area contributed by atoms with Crippen LogP contribution in [0.25, 0.3) is 0 Å². The Morgan fingerprint density at radius 1 is 0.780 bits per heavy atom. The fourth-order valence-electron chi connectivity index (χ4n) is 4.56. The van der Waals surface area contributed by atoms with Crippen LogP contribution in [-0.4, -0.2) is 30.6 Å². The molecule has 0 aliphatic carbocycles. The van der Waals surface area contributed by atoms with Gasteiger partial charge in [-0.1, -0.05) is 83.6 Å². The Morgan fingerprint density at radius 3 is 1.90 bits per heavy atom. The normalized spacial score (nSPS) is 10.5. The Morgan fingerprint density at radius 2 is 1.37 bits per heavy atom. The fourth-order valence-corrected chi connectivity index (χ4v) is 4.56. The summed E-state index contributed by atoms with van der Waals surface area (Å²) < 4.78 is 18.9. The lowest BCUT2D eigenvalue weighted by Gasteiger charge is -2.19. The summed E-state index contributed by atoms with van der Waals surface area (Å²) in [5, 5.41) is 0. The van der Waals surface area contributed by atoms with E-state index in [0.29, 0.717) is 18.1 Å². The van der Waals surface area contributed by atoms with Crippen molar-refractivity contribution in [2.24, 2.45) is 0 Å². The topological polar surface area (TPSA) is 69.0 Å². The number of carbonyl (C=O) groups excluding carboxylic acids is 2. The second-order valence-electron chi connectivity index (χ2n) is 10.4. The van der Waals surface area contributed by atoms with Gasteiger partial charge in [0.05, 0.1) is 20.3 Å². The number of carbonyl (C=O) groups is 2. The lowest BCUT2D eigenvalue weighted by atomic mass is 10.1. The van der Waals surface area contributed by atoms with E-state index in [2.05, 4.69) is 6.92 Å². The van der Waals surface area contributed by atoms with Gasteiger partial charge in [-0.3, -0.25) is 4.79 Å². The van der Waals surface area contributed by atoms with Crippen molar-refractivity contribution in [3.63, 3.8) is 0 Å². The van der Waals surface area contributed by atoms with E-state index in [-0.39, 0.29) is 43.0 Å². The molecule has 0 N–H and O–H groups in total. The second-order valence-corrected chi connectivity index (χ2v) is 10.4. The molecule has 1 heterocycles. The van der Waals surface area contributed by atoms with Crippen molar-refractivity contribution >= 4 is 12.0 Å². The number of rotatable bonds is 20. The fraction of sp³-hybridized carbons (Fsp3) is 0.606. The van der Waals surface area contributed by atoms with Crippen LogP contribution in [0.4, 0.5) is 4.79 Å². The largest absolute Gasteiger partial charge is 1.00 e. The summed E-state index contributed by atoms with van der Waals surface area (Å²) in [5.74, 6) is 0.917. The van der Waals surface area contributed by atoms with Crippen LogP contribution >= 0.6 is 0 Å². The molecule has 41 heavy (non-hydrogen) atoms. The molecule has 0 bridgehead atoms. The number of amides is 2. The molecule has 2 aromatic rings. The molecule has 0 fully saturated rings. The molecule has 2 rings (SSSR count). The summed E-state index contributed by atoms with van der Waals surface area (Å²) in [6, 6.07) is 9.30. The Bertz CT molecular complexity index is 1000. The third-order valence-corrected chi connectivity index (χ3v) is 7.11. The molecule has 0 aliphatic heterocycles. The van der Waals surface area contributed by atoms with E-state index in [4.69, 9.17) is 14.2 Å². The number of imide groups is 1. The van der Waals surface area contributed by atoms with Crippen molar-refractivity contribution in [1.29, 1.82) is 0 Å². The Labute approximate surface area is 265 Å². The molecule has 1 aromatic carbocycles. The smallest absolute Gasteiger partial charge is 0.417 e. The number of aryl methyl sites for hydroxylation is 1. The first-order valence-electron chi connectivity index (χ1n) is 15.2. The lowest BCUT2D eigenvalue weighted by molar-refractivity contribution is -0.693. The molecular weight excluding hydrogens is 631 g/mol. The number of aromatic nitrogens is 1. The molecule has 0 radical (unpaired) electrons. The summed E-state index contributed by atoms with van der Waals surface area (Å²) in [6.07, 6.45) is 18.9. The number of benzene rings is 1. The van der Waals surface area contributed by atoms with E-state index < -0.39 is 6.09 Å². The summed E-state index contributed by atoms with van der Waals surface area (Å²) in [7, 11) is 1.60. The van der Waals surface area contributed by atoms with Crippen molar-refractivity contribution in [2.75, 3.05) is 13.7 Å². The highest BCUT2D eigenvalue weighted by Gasteiger charge is 2.21. The maximum Gasteiger partial charge on any atom is 0.417 e. The van der Waals surface area contributed by atoms with Crippen molar-refractivity contribution in [3.8, 4) is 11.5 Å². The molecule has 0 saturated carbocycles. The predicted molar refractivity (Wildman–Crippen MR) is 158 cm³/mol. The van der Waals surface area contributed by atoms with Gasteiger partial charge < -0.3 is 38.2 Å².